The van der Waals surface area contributed by atoms with E-state index in [1.807, 2.05) is 17.2 Å². The molecule has 1 amide bonds. The monoisotopic (exact) mass is 364 g/mol. The van der Waals surface area contributed by atoms with Crippen molar-refractivity contribution in [3.05, 3.63) is 42.1 Å². The molecule has 0 aliphatic carbocycles. The van der Waals surface area contributed by atoms with Crippen molar-refractivity contribution in [2.24, 2.45) is 5.41 Å². The van der Waals surface area contributed by atoms with Gasteiger partial charge in [-0.05, 0) is 31.4 Å². The Kier molecular flexibility index (Phi) is 4.80. The molecule has 4 rings (SSSR count). The Labute approximate surface area is 159 Å². The van der Waals surface area contributed by atoms with Crippen LogP contribution in [0.3, 0.4) is 0 Å². The van der Waals surface area contributed by atoms with Gasteiger partial charge in [-0.2, -0.15) is 5.26 Å². The number of H-pyrrole nitrogens is 1. The van der Waals surface area contributed by atoms with Gasteiger partial charge in [0.25, 0.3) is 0 Å². The smallest absolute Gasteiger partial charge is 0.222 e. The van der Waals surface area contributed by atoms with Crippen LogP contribution in [0.25, 0.3) is 0 Å². The third-order valence-electron chi connectivity index (χ3n) is 5.81. The van der Waals surface area contributed by atoms with Crippen molar-refractivity contribution >= 4 is 11.7 Å². The van der Waals surface area contributed by atoms with Crippen molar-refractivity contribution in [3.8, 4) is 6.07 Å². The second-order valence-corrected chi connectivity index (χ2v) is 7.68. The standard InChI is InChI=1S/C20H24N6O/c21-11-16-3-7-23-18(10-16)25-8-1-5-20(13-25)6-2-19(27)26(14-20)9-4-17-12-22-15-24-17/h3,7,10,12,15H,1-2,4-6,8-9,13-14H2,(H,22,24). The van der Waals surface area contributed by atoms with Crippen molar-refractivity contribution < 1.29 is 4.79 Å². The lowest BCUT2D eigenvalue weighted by molar-refractivity contribution is -0.137. The summed E-state index contributed by atoms with van der Waals surface area (Å²) in [6, 6.07) is 5.79. The first-order valence-corrected chi connectivity index (χ1v) is 9.54. The van der Waals surface area contributed by atoms with Gasteiger partial charge in [0.15, 0.2) is 0 Å². The number of piperidine rings is 2. The molecule has 2 aromatic heterocycles. The molecule has 2 aliphatic rings. The van der Waals surface area contributed by atoms with Crippen molar-refractivity contribution in [2.75, 3.05) is 31.1 Å². The molecular weight excluding hydrogens is 340 g/mol. The number of aromatic nitrogens is 3. The second kappa shape index (κ2) is 7.39. The predicted molar refractivity (Wildman–Crippen MR) is 101 cm³/mol. The Morgan fingerprint density at radius 3 is 3.07 bits per heavy atom. The maximum Gasteiger partial charge on any atom is 0.222 e. The number of hydrogen-bond acceptors (Lipinski definition) is 5. The lowest BCUT2D eigenvalue weighted by Gasteiger charge is -2.48. The lowest BCUT2D eigenvalue weighted by atomic mass is 9.73. The Morgan fingerprint density at radius 2 is 2.26 bits per heavy atom. The van der Waals surface area contributed by atoms with Crippen LogP contribution >= 0.6 is 0 Å². The van der Waals surface area contributed by atoms with Crippen LogP contribution in [0.5, 0.6) is 0 Å². The third-order valence-corrected chi connectivity index (χ3v) is 5.81. The van der Waals surface area contributed by atoms with Gasteiger partial charge in [-0.1, -0.05) is 0 Å². The number of anilines is 1. The number of aromatic amines is 1. The number of likely N-dealkylation sites (tertiary alicyclic amines) is 1. The number of imidazole rings is 1. The molecule has 1 unspecified atom stereocenters. The highest BCUT2D eigenvalue weighted by Crippen LogP contribution is 2.40. The summed E-state index contributed by atoms with van der Waals surface area (Å²) < 4.78 is 0. The first kappa shape index (κ1) is 17.5. The number of nitrogens with zero attached hydrogens (tertiary/aromatic N) is 5. The number of hydrogen-bond donors (Lipinski definition) is 1. The summed E-state index contributed by atoms with van der Waals surface area (Å²) in [7, 11) is 0. The molecule has 7 nitrogen and oxygen atoms in total. The van der Waals surface area contributed by atoms with E-state index in [2.05, 4.69) is 25.9 Å². The summed E-state index contributed by atoms with van der Waals surface area (Å²) in [4.78, 5) is 28.4. The highest BCUT2D eigenvalue weighted by atomic mass is 16.2. The van der Waals surface area contributed by atoms with Gasteiger partial charge in [-0.3, -0.25) is 4.79 Å². The highest BCUT2D eigenvalue weighted by molar-refractivity contribution is 5.77. The molecule has 1 N–H and O–H groups in total. The zero-order valence-electron chi connectivity index (χ0n) is 15.4. The third kappa shape index (κ3) is 3.80. The van der Waals surface area contributed by atoms with Crippen LogP contribution in [0.2, 0.25) is 0 Å². The molecule has 7 heteroatoms. The largest absolute Gasteiger partial charge is 0.356 e. The minimum Gasteiger partial charge on any atom is -0.356 e. The lowest BCUT2D eigenvalue weighted by Crippen LogP contribution is -2.54. The molecule has 0 saturated carbocycles. The maximum atomic E-state index is 12.5. The minimum absolute atomic E-state index is 0.116. The summed E-state index contributed by atoms with van der Waals surface area (Å²) in [5.41, 5.74) is 1.81. The zero-order chi connectivity index (χ0) is 18.7. The molecule has 2 fully saturated rings. The number of amides is 1. The van der Waals surface area contributed by atoms with E-state index < -0.39 is 0 Å². The van der Waals surface area contributed by atoms with Gasteiger partial charge in [0, 0.05) is 62.5 Å². The van der Waals surface area contributed by atoms with E-state index in [1.54, 1.807) is 18.6 Å². The normalized spacial score (nSPS) is 22.9. The van der Waals surface area contributed by atoms with E-state index >= 15 is 0 Å². The molecule has 1 spiro atoms. The molecule has 0 bridgehead atoms. The molecule has 0 radical (unpaired) electrons. The fourth-order valence-corrected chi connectivity index (χ4v) is 4.38. The van der Waals surface area contributed by atoms with Gasteiger partial charge in [-0.15, -0.1) is 0 Å². The molecule has 140 valence electrons. The number of carbonyl (C=O) groups excluding carboxylic acids is 1. The molecule has 1 atom stereocenters. The summed E-state index contributed by atoms with van der Waals surface area (Å²) in [6.07, 6.45) is 9.77. The summed E-state index contributed by atoms with van der Waals surface area (Å²) >= 11 is 0. The zero-order valence-corrected chi connectivity index (χ0v) is 15.4. The van der Waals surface area contributed by atoms with Gasteiger partial charge in [0.1, 0.15) is 5.82 Å². The van der Waals surface area contributed by atoms with E-state index in [0.29, 0.717) is 12.0 Å². The molecular formula is C20H24N6O. The number of rotatable bonds is 4. The van der Waals surface area contributed by atoms with Crippen LogP contribution in [-0.2, 0) is 11.2 Å². The average Bonchev–Trinajstić information content (AvgIpc) is 3.23. The molecule has 4 heterocycles. The Balaban J connectivity index is 1.46. The molecule has 2 aromatic rings. The summed E-state index contributed by atoms with van der Waals surface area (Å²) in [6.45, 7) is 3.37. The van der Waals surface area contributed by atoms with E-state index in [4.69, 9.17) is 5.26 Å². The van der Waals surface area contributed by atoms with E-state index in [0.717, 1.165) is 63.4 Å². The number of nitriles is 1. The van der Waals surface area contributed by atoms with Crippen molar-refractivity contribution in [1.29, 1.82) is 5.26 Å². The molecule has 0 aromatic carbocycles. The fraction of sp³-hybridized carbons (Fsp3) is 0.500. The Bertz CT molecular complexity index is 842. The topological polar surface area (TPSA) is 88.9 Å². The van der Waals surface area contributed by atoms with Crippen LogP contribution in [0, 0.1) is 16.7 Å². The SMILES string of the molecule is N#Cc1ccnc(N2CCCC3(CCC(=O)N(CCc4cnc[nH]4)C3)C2)c1. The number of carbonyl (C=O) groups is 1. The van der Waals surface area contributed by atoms with E-state index in [9.17, 15) is 4.79 Å². The van der Waals surface area contributed by atoms with Crippen LogP contribution in [-0.4, -0.2) is 51.9 Å². The van der Waals surface area contributed by atoms with Gasteiger partial charge in [0.2, 0.25) is 5.91 Å². The van der Waals surface area contributed by atoms with Crippen molar-refractivity contribution in [3.63, 3.8) is 0 Å². The van der Waals surface area contributed by atoms with Gasteiger partial charge in [-0.25, -0.2) is 9.97 Å². The van der Waals surface area contributed by atoms with Gasteiger partial charge >= 0.3 is 0 Å². The Hall–Kier alpha value is -2.88. The fourth-order valence-electron chi connectivity index (χ4n) is 4.38. The average molecular weight is 364 g/mol. The number of pyridine rings is 1. The number of nitrogens with one attached hydrogen (secondary N) is 1. The van der Waals surface area contributed by atoms with Crippen LogP contribution in [0.1, 0.15) is 36.9 Å². The van der Waals surface area contributed by atoms with Crippen LogP contribution < -0.4 is 4.90 Å². The van der Waals surface area contributed by atoms with Crippen molar-refractivity contribution in [1.82, 2.24) is 19.9 Å². The maximum absolute atomic E-state index is 12.5. The van der Waals surface area contributed by atoms with Gasteiger partial charge < -0.3 is 14.8 Å². The van der Waals surface area contributed by atoms with Crippen molar-refractivity contribution in [2.45, 2.75) is 32.1 Å². The highest BCUT2D eigenvalue weighted by Gasteiger charge is 2.41. The van der Waals surface area contributed by atoms with Crippen LogP contribution in [0.4, 0.5) is 5.82 Å². The van der Waals surface area contributed by atoms with E-state index in [-0.39, 0.29) is 11.3 Å². The summed E-state index contributed by atoms with van der Waals surface area (Å²) in [5.74, 6) is 1.12. The quantitative estimate of drug-likeness (QED) is 0.898. The summed E-state index contributed by atoms with van der Waals surface area (Å²) in [5, 5.41) is 9.16. The first-order valence-electron chi connectivity index (χ1n) is 9.54. The second-order valence-electron chi connectivity index (χ2n) is 7.68. The first-order chi connectivity index (χ1) is 13.2. The molecule has 27 heavy (non-hydrogen) atoms. The van der Waals surface area contributed by atoms with E-state index in [1.165, 1.54) is 0 Å². The predicted octanol–water partition coefficient (Wildman–Crippen LogP) is 2.13. The van der Waals surface area contributed by atoms with Gasteiger partial charge in [0.05, 0.1) is 18.0 Å². The minimum atomic E-state index is 0.116. The molecule has 2 aliphatic heterocycles. The molecule has 2 saturated heterocycles. The Morgan fingerprint density at radius 1 is 1.33 bits per heavy atom. The van der Waals surface area contributed by atoms with Crippen LogP contribution in [0.15, 0.2) is 30.9 Å².